The number of hydrogen-bond acceptors (Lipinski definition) is 18. The minimum atomic E-state index is -4.79. The fourth-order valence-electron chi connectivity index (χ4n) is 4.81. The Morgan fingerprint density at radius 2 is 1.38 bits per heavy atom. The lowest BCUT2D eigenvalue weighted by atomic mass is 9.72. The van der Waals surface area contributed by atoms with Gasteiger partial charge in [0.25, 0.3) is 5.60 Å². The van der Waals surface area contributed by atoms with Gasteiger partial charge in [-0.2, -0.15) is 0 Å². The number of ether oxygens (including phenoxy) is 2. The third-order valence-corrected chi connectivity index (χ3v) is 6.56. The number of aliphatic hydroxyl groups is 12. The van der Waals surface area contributed by atoms with Crippen molar-refractivity contribution in [3.8, 4) is 23.0 Å². The van der Waals surface area contributed by atoms with Crippen LogP contribution in [0.1, 0.15) is 23.6 Å². The van der Waals surface area contributed by atoms with Gasteiger partial charge in [-0.25, -0.2) is 0 Å². The molecule has 0 amide bonds. The van der Waals surface area contributed by atoms with E-state index in [1.54, 1.807) is 0 Å². The van der Waals surface area contributed by atoms with Crippen molar-refractivity contribution in [3.05, 3.63) is 11.1 Å². The number of ketones is 1. The second-order valence-corrected chi connectivity index (χ2v) is 8.82. The molecule has 0 saturated carbocycles. The first-order valence-electron chi connectivity index (χ1n) is 10.4. The highest BCUT2D eigenvalue weighted by molar-refractivity contribution is 5.85. The Kier molecular flexibility index (Phi) is 6.94. The van der Waals surface area contributed by atoms with Gasteiger partial charge in [0, 0.05) is 36.7 Å². The van der Waals surface area contributed by atoms with E-state index in [0.717, 1.165) is 7.11 Å². The molecule has 2 atom stereocenters. The van der Waals surface area contributed by atoms with E-state index in [4.69, 9.17) is 4.74 Å². The Bertz CT molecular complexity index is 1050. The average molecular weight is 541 g/mol. The maximum Gasteiger partial charge on any atom is 0.453 e. The van der Waals surface area contributed by atoms with Gasteiger partial charge in [-0.15, -0.1) is 0 Å². The van der Waals surface area contributed by atoms with Crippen LogP contribution in [0, 0.1) is 5.92 Å². The number of phenols is 2. The van der Waals surface area contributed by atoms with Crippen molar-refractivity contribution in [1.29, 1.82) is 0 Å². The molecule has 1 fully saturated rings. The van der Waals surface area contributed by atoms with Crippen LogP contribution in [0.5, 0.6) is 23.0 Å². The van der Waals surface area contributed by atoms with Crippen molar-refractivity contribution in [3.63, 3.8) is 0 Å². The van der Waals surface area contributed by atoms with Crippen LogP contribution in [0.3, 0.4) is 0 Å². The SMILES string of the molecule is COc1c(O)c2c(c(O)c1OC(O)(O)O)C1CC(=O)C(C(O)(O)C(O)(C(O)(O)O)C(O)(O)O)CN1CC2. The van der Waals surface area contributed by atoms with Crippen molar-refractivity contribution in [1.82, 2.24) is 4.90 Å². The molecule has 0 aromatic heterocycles. The number of phenolic OH excluding ortho intramolecular Hbond substituents is 2. The normalized spacial score (nSPS) is 21.9. The summed E-state index contributed by atoms with van der Waals surface area (Å²) < 4.78 is 9.36. The number of hydrogen-bond donors (Lipinski definition) is 14. The van der Waals surface area contributed by atoms with Crippen molar-refractivity contribution >= 4 is 5.78 Å². The van der Waals surface area contributed by atoms with Crippen molar-refractivity contribution in [2.75, 3.05) is 20.2 Å². The van der Waals surface area contributed by atoms with Gasteiger partial charge < -0.3 is 81.0 Å². The van der Waals surface area contributed by atoms with Crippen LogP contribution in [0.2, 0.25) is 0 Å². The van der Waals surface area contributed by atoms with E-state index in [1.807, 2.05) is 0 Å². The molecule has 1 saturated heterocycles. The smallest absolute Gasteiger partial charge is 0.453 e. The molecule has 14 N–H and O–H groups in total. The number of Topliss-reactive ketones (excluding diaryl/α,β-unsaturated/α-hetero) is 1. The number of carbonyl (C=O) groups is 1. The Hall–Kier alpha value is -2.43. The van der Waals surface area contributed by atoms with Gasteiger partial charge in [-0.1, -0.05) is 0 Å². The number of benzene rings is 1. The number of rotatable bonds is 7. The predicted octanol–water partition coefficient (Wildman–Crippen LogP) is -6.76. The quantitative estimate of drug-likeness (QED) is 0.113. The molecule has 210 valence electrons. The zero-order chi connectivity index (χ0) is 28.5. The highest BCUT2D eigenvalue weighted by Crippen LogP contribution is 2.55. The van der Waals surface area contributed by atoms with E-state index in [0.29, 0.717) is 0 Å². The predicted molar refractivity (Wildman–Crippen MR) is 108 cm³/mol. The van der Waals surface area contributed by atoms with Crippen molar-refractivity contribution in [2.45, 2.75) is 48.4 Å². The molecule has 18 nitrogen and oxygen atoms in total. The lowest BCUT2D eigenvalue weighted by Crippen LogP contribution is -2.81. The summed E-state index contributed by atoms with van der Waals surface area (Å²) in [5, 5.41) is 137. The summed E-state index contributed by atoms with van der Waals surface area (Å²) in [4.78, 5) is 14.2. The molecular formula is C19H27NO17. The molecule has 0 spiro atoms. The summed E-state index contributed by atoms with van der Waals surface area (Å²) in [5.41, 5.74) is -5.05. The Morgan fingerprint density at radius 3 is 1.84 bits per heavy atom. The molecular weight excluding hydrogens is 514 g/mol. The standard InChI is InChI=1S/C19H27NO17/c1-36-13-11(22)6-2-3-20-5-7(15(24,25)16(26,17(27,28)29)18(30,31)32)9(21)4-8(20)10(6)12(23)14(13)37-19(33,34)35/h7-8,22-35H,2-5H2,1H3. The summed E-state index contributed by atoms with van der Waals surface area (Å²) in [5.74, 6) is -20.7. The van der Waals surface area contributed by atoms with Gasteiger partial charge in [0.2, 0.25) is 17.3 Å². The molecule has 3 rings (SSSR count). The topological polar surface area (TPSA) is 322 Å². The monoisotopic (exact) mass is 541 g/mol. The molecule has 18 heteroatoms. The number of methoxy groups -OCH3 is 1. The largest absolute Gasteiger partial charge is 0.504 e. The molecule has 1 aromatic carbocycles. The minimum Gasteiger partial charge on any atom is -0.504 e. The Labute approximate surface area is 205 Å². The fraction of sp³-hybridized carbons (Fsp3) is 0.632. The van der Waals surface area contributed by atoms with E-state index >= 15 is 0 Å². The third-order valence-electron chi connectivity index (χ3n) is 6.56. The maximum absolute atomic E-state index is 13.0. The molecule has 1 aromatic rings. The van der Waals surface area contributed by atoms with Crippen LogP contribution in [0.25, 0.3) is 0 Å². The minimum absolute atomic E-state index is 0.00966. The van der Waals surface area contributed by atoms with Gasteiger partial charge in [-0.05, 0) is 6.42 Å². The average Bonchev–Trinajstić information content (AvgIpc) is 2.73. The van der Waals surface area contributed by atoms with E-state index in [9.17, 15) is 76.3 Å². The molecule has 0 bridgehead atoms. The van der Waals surface area contributed by atoms with Crippen LogP contribution in [0.4, 0.5) is 0 Å². The van der Waals surface area contributed by atoms with E-state index in [-0.39, 0.29) is 24.1 Å². The molecule has 2 aliphatic rings. The lowest BCUT2D eigenvalue weighted by Gasteiger charge is -2.52. The summed E-state index contributed by atoms with van der Waals surface area (Å²) in [6, 6.07) is -1.23. The van der Waals surface area contributed by atoms with E-state index in [1.165, 1.54) is 4.90 Å². The van der Waals surface area contributed by atoms with Crippen LogP contribution >= 0.6 is 0 Å². The fourth-order valence-corrected chi connectivity index (χ4v) is 4.81. The third kappa shape index (κ3) is 4.46. The van der Waals surface area contributed by atoms with Gasteiger partial charge in [0.05, 0.1) is 13.0 Å². The van der Waals surface area contributed by atoms with Gasteiger partial charge in [-0.3, -0.25) is 9.69 Å². The number of fused-ring (bicyclic) bond motifs is 3. The first kappa shape index (κ1) is 29.1. The number of piperidine rings is 1. The van der Waals surface area contributed by atoms with Gasteiger partial charge >= 0.3 is 18.1 Å². The first-order chi connectivity index (χ1) is 16.6. The lowest BCUT2D eigenvalue weighted by molar-refractivity contribution is -0.545. The van der Waals surface area contributed by atoms with Crippen LogP contribution < -0.4 is 9.47 Å². The molecule has 37 heavy (non-hydrogen) atoms. The van der Waals surface area contributed by atoms with Gasteiger partial charge in [0.15, 0.2) is 11.5 Å². The maximum atomic E-state index is 13.0. The first-order valence-corrected chi connectivity index (χ1v) is 10.4. The summed E-state index contributed by atoms with van der Waals surface area (Å²) in [6.07, 6.45) is -4.81. The van der Waals surface area contributed by atoms with Crippen LogP contribution in [-0.4, -0.2) is 132 Å². The Morgan fingerprint density at radius 1 is 0.838 bits per heavy atom. The molecule has 2 heterocycles. The molecule has 2 aliphatic heterocycles. The molecule has 0 radical (unpaired) electrons. The zero-order valence-electron chi connectivity index (χ0n) is 18.9. The van der Waals surface area contributed by atoms with Crippen molar-refractivity contribution < 1.29 is 85.8 Å². The van der Waals surface area contributed by atoms with E-state index < -0.39 is 83.2 Å². The summed E-state index contributed by atoms with van der Waals surface area (Å²) >= 11 is 0. The highest BCUT2D eigenvalue weighted by atomic mass is 16.9. The summed E-state index contributed by atoms with van der Waals surface area (Å²) in [7, 11) is 1.02. The number of nitrogens with zero attached hydrogens (tertiary/aromatic N) is 1. The molecule has 2 unspecified atom stereocenters. The number of aromatic hydroxyl groups is 2. The van der Waals surface area contributed by atoms with Crippen LogP contribution in [0.15, 0.2) is 0 Å². The van der Waals surface area contributed by atoms with Crippen molar-refractivity contribution in [2.24, 2.45) is 5.92 Å². The number of carbonyl (C=O) groups excluding carboxylic acids is 1. The Balaban J connectivity index is 2.10. The van der Waals surface area contributed by atoms with E-state index in [2.05, 4.69) is 4.74 Å². The second-order valence-electron chi connectivity index (χ2n) is 8.82. The summed E-state index contributed by atoms with van der Waals surface area (Å²) in [6.45, 7) is -0.974. The molecule has 0 aliphatic carbocycles. The second kappa shape index (κ2) is 8.81. The van der Waals surface area contributed by atoms with Crippen LogP contribution in [-0.2, 0) is 11.2 Å². The van der Waals surface area contributed by atoms with Gasteiger partial charge in [0.1, 0.15) is 5.78 Å². The zero-order valence-corrected chi connectivity index (χ0v) is 18.9. The highest BCUT2D eigenvalue weighted by Gasteiger charge is 2.76.